The number of likely N-dealkylation sites (N-methyl/N-ethyl adjacent to an activating group) is 1. The van der Waals surface area contributed by atoms with Crippen molar-refractivity contribution < 1.29 is 23.9 Å². The van der Waals surface area contributed by atoms with Crippen LogP contribution in [0.2, 0.25) is 0 Å². The molecule has 0 aromatic rings. The number of methoxy groups -OCH3 is 1. The summed E-state index contributed by atoms with van der Waals surface area (Å²) in [6, 6.07) is -0.642. The standard InChI is InChI=1S/C11H18N2O5.C4H10/c1-8(14)18-7-10(15)13-5-4-12(2)6-9(13)11(16)17-3;1-4(2)3/h9H,4-7H2,1-3H3;4H,1-3H3. The second-order valence-corrected chi connectivity index (χ2v) is 5.90. The Morgan fingerprint density at radius 3 is 2.18 bits per heavy atom. The molecular formula is C15H28N2O5. The molecule has 0 aromatic heterocycles. The van der Waals surface area contributed by atoms with Crippen LogP contribution in [0.25, 0.3) is 0 Å². The van der Waals surface area contributed by atoms with E-state index in [2.05, 4.69) is 30.2 Å². The molecule has 1 atom stereocenters. The average molecular weight is 316 g/mol. The van der Waals surface area contributed by atoms with Crippen molar-refractivity contribution in [3.05, 3.63) is 0 Å². The van der Waals surface area contributed by atoms with Crippen molar-refractivity contribution in [2.45, 2.75) is 33.7 Å². The van der Waals surface area contributed by atoms with Gasteiger partial charge in [-0.1, -0.05) is 20.8 Å². The van der Waals surface area contributed by atoms with Gasteiger partial charge in [0.25, 0.3) is 5.91 Å². The van der Waals surface area contributed by atoms with E-state index in [1.165, 1.54) is 18.9 Å². The van der Waals surface area contributed by atoms with Crippen molar-refractivity contribution >= 4 is 17.8 Å². The molecule has 0 aromatic carbocycles. The van der Waals surface area contributed by atoms with Crippen LogP contribution < -0.4 is 0 Å². The highest BCUT2D eigenvalue weighted by atomic mass is 16.5. The molecule has 0 radical (unpaired) electrons. The lowest BCUT2D eigenvalue weighted by atomic mass is 10.1. The molecule has 1 fully saturated rings. The first-order chi connectivity index (χ1) is 10.2. The van der Waals surface area contributed by atoms with Crippen LogP contribution in [-0.4, -0.2) is 74.1 Å². The summed E-state index contributed by atoms with van der Waals surface area (Å²) in [5, 5.41) is 0. The summed E-state index contributed by atoms with van der Waals surface area (Å²) in [7, 11) is 3.15. The highest BCUT2D eigenvalue weighted by Gasteiger charge is 2.35. The Morgan fingerprint density at radius 1 is 1.18 bits per heavy atom. The summed E-state index contributed by atoms with van der Waals surface area (Å²) in [6.45, 7) is 8.88. The van der Waals surface area contributed by atoms with Crippen LogP contribution in [0.1, 0.15) is 27.7 Å². The summed E-state index contributed by atoms with van der Waals surface area (Å²) in [5.41, 5.74) is 0. The van der Waals surface area contributed by atoms with Crippen LogP contribution >= 0.6 is 0 Å². The van der Waals surface area contributed by atoms with Crippen LogP contribution in [0, 0.1) is 5.92 Å². The molecule has 1 aliphatic heterocycles. The molecule has 0 saturated carbocycles. The summed E-state index contributed by atoms with van der Waals surface area (Å²) < 4.78 is 9.33. The first-order valence-electron chi connectivity index (χ1n) is 7.38. The van der Waals surface area contributed by atoms with Gasteiger partial charge in [-0.25, -0.2) is 4.79 Å². The number of hydrogen-bond donors (Lipinski definition) is 0. The van der Waals surface area contributed by atoms with E-state index >= 15 is 0 Å². The van der Waals surface area contributed by atoms with Crippen molar-refractivity contribution in [3.8, 4) is 0 Å². The van der Waals surface area contributed by atoms with E-state index < -0.39 is 18.0 Å². The number of piperazine rings is 1. The second kappa shape index (κ2) is 10.2. The molecule has 0 N–H and O–H groups in total. The lowest BCUT2D eigenvalue weighted by Crippen LogP contribution is -2.58. The second-order valence-electron chi connectivity index (χ2n) is 5.90. The minimum Gasteiger partial charge on any atom is -0.467 e. The van der Waals surface area contributed by atoms with Gasteiger partial charge in [-0.05, 0) is 13.0 Å². The summed E-state index contributed by atoms with van der Waals surface area (Å²) in [4.78, 5) is 37.5. The van der Waals surface area contributed by atoms with Gasteiger partial charge in [0.1, 0.15) is 6.04 Å². The lowest BCUT2D eigenvalue weighted by Gasteiger charge is -2.38. The molecule has 7 nitrogen and oxygen atoms in total. The predicted molar refractivity (Wildman–Crippen MR) is 82.2 cm³/mol. The summed E-state index contributed by atoms with van der Waals surface area (Å²) >= 11 is 0. The molecule has 1 aliphatic rings. The number of ether oxygens (including phenoxy) is 2. The molecule has 1 saturated heterocycles. The van der Waals surface area contributed by atoms with Gasteiger partial charge in [-0.3, -0.25) is 9.59 Å². The Bertz CT molecular complexity index is 381. The van der Waals surface area contributed by atoms with Crippen LogP contribution in [-0.2, 0) is 23.9 Å². The maximum absolute atomic E-state index is 11.9. The van der Waals surface area contributed by atoms with Crippen LogP contribution in [0.15, 0.2) is 0 Å². The van der Waals surface area contributed by atoms with Crippen LogP contribution in [0.5, 0.6) is 0 Å². The number of carbonyl (C=O) groups is 3. The van der Waals surface area contributed by atoms with Crippen molar-refractivity contribution in [1.29, 1.82) is 0 Å². The van der Waals surface area contributed by atoms with E-state index in [-0.39, 0.29) is 12.5 Å². The van der Waals surface area contributed by atoms with Gasteiger partial charge in [0.05, 0.1) is 7.11 Å². The highest BCUT2D eigenvalue weighted by molar-refractivity contribution is 5.86. The maximum atomic E-state index is 11.9. The van der Waals surface area contributed by atoms with Crippen LogP contribution in [0.3, 0.4) is 0 Å². The SMILES string of the molecule is CC(C)C.COC(=O)C1CN(C)CCN1C(=O)COC(C)=O. The van der Waals surface area contributed by atoms with Crippen LogP contribution in [0.4, 0.5) is 0 Å². The zero-order valence-corrected chi connectivity index (χ0v) is 14.4. The van der Waals surface area contributed by atoms with E-state index in [4.69, 9.17) is 0 Å². The zero-order chi connectivity index (χ0) is 17.3. The van der Waals surface area contributed by atoms with Crippen molar-refractivity contribution in [3.63, 3.8) is 0 Å². The molecule has 22 heavy (non-hydrogen) atoms. The molecule has 0 bridgehead atoms. The van der Waals surface area contributed by atoms with Gasteiger partial charge in [0.15, 0.2) is 6.61 Å². The molecule has 1 heterocycles. The fraction of sp³-hybridized carbons (Fsp3) is 0.800. The van der Waals surface area contributed by atoms with Gasteiger partial charge >= 0.3 is 11.9 Å². The highest BCUT2D eigenvalue weighted by Crippen LogP contribution is 2.10. The number of hydrogen-bond acceptors (Lipinski definition) is 6. The number of esters is 2. The largest absolute Gasteiger partial charge is 0.467 e. The molecule has 7 heteroatoms. The van der Waals surface area contributed by atoms with E-state index in [1.54, 1.807) is 0 Å². The van der Waals surface area contributed by atoms with Gasteiger partial charge in [-0.2, -0.15) is 0 Å². The quantitative estimate of drug-likeness (QED) is 0.707. The Labute approximate surface area is 132 Å². The molecule has 1 unspecified atom stereocenters. The monoisotopic (exact) mass is 316 g/mol. The van der Waals surface area contributed by atoms with Crippen molar-refractivity contribution in [2.24, 2.45) is 5.92 Å². The smallest absolute Gasteiger partial charge is 0.329 e. The van der Waals surface area contributed by atoms with Gasteiger partial charge < -0.3 is 19.3 Å². The Balaban J connectivity index is 0.000000980. The molecule has 1 amide bonds. The van der Waals surface area contributed by atoms with Crippen molar-refractivity contribution in [1.82, 2.24) is 9.80 Å². The normalized spacial score (nSPS) is 18.3. The third-order valence-corrected chi connectivity index (χ3v) is 2.78. The third kappa shape index (κ3) is 7.97. The number of rotatable bonds is 3. The Morgan fingerprint density at radius 2 is 1.73 bits per heavy atom. The average Bonchev–Trinajstić information content (AvgIpc) is 2.43. The van der Waals surface area contributed by atoms with Gasteiger partial charge in [0, 0.05) is 26.6 Å². The summed E-state index contributed by atoms with van der Waals surface area (Å²) in [5.74, 6) is -0.529. The first kappa shape index (κ1) is 20.4. The lowest BCUT2D eigenvalue weighted by molar-refractivity contribution is -0.160. The maximum Gasteiger partial charge on any atom is 0.329 e. The number of carbonyl (C=O) groups excluding carboxylic acids is 3. The van der Waals surface area contributed by atoms with Gasteiger partial charge in [0.2, 0.25) is 0 Å². The zero-order valence-electron chi connectivity index (χ0n) is 14.4. The topological polar surface area (TPSA) is 76.2 Å². The minimum atomic E-state index is -0.642. The van der Waals surface area contributed by atoms with E-state index in [0.717, 1.165) is 5.92 Å². The Hall–Kier alpha value is -1.63. The van der Waals surface area contributed by atoms with E-state index in [1.807, 2.05) is 11.9 Å². The number of nitrogens with zero attached hydrogens (tertiary/aromatic N) is 2. The fourth-order valence-electron chi connectivity index (χ4n) is 1.80. The molecule has 0 aliphatic carbocycles. The third-order valence-electron chi connectivity index (χ3n) is 2.78. The number of amides is 1. The Kier molecular flexibility index (Phi) is 9.40. The van der Waals surface area contributed by atoms with E-state index in [9.17, 15) is 14.4 Å². The van der Waals surface area contributed by atoms with Crippen molar-refractivity contribution in [2.75, 3.05) is 40.4 Å². The molecule has 128 valence electrons. The predicted octanol–water partition coefficient (Wildman–Crippen LogP) is 0.527. The summed E-state index contributed by atoms with van der Waals surface area (Å²) in [6.07, 6.45) is 0. The minimum absolute atomic E-state index is 0.341. The first-order valence-corrected chi connectivity index (χ1v) is 7.38. The molecule has 1 rings (SSSR count). The molecular weight excluding hydrogens is 288 g/mol. The fourth-order valence-corrected chi connectivity index (χ4v) is 1.80. The molecule has 0 spiro atoms. The van der Waals surface area contributed by atoms with E-state index in [0.29, 0.717) is 19.6 Å². The van der Waals surface area contributed by atoms with Gasteiger partial charge in [-0.15, -0.1) is 0 Å².